The molecule has 9 nitrogen and oxygen atoms in total. The highest BCUT2D eigenvalue weighted by Crippen LogP contribution is 2.17. The van der Waals surface area contributed by atoms with Gasteiger partial charge in [-0.15, -0.1) is 0 Å². The first-order valence-electron chi connectivity index (χ1n) is 11.1. The van der Waals surface area contributed by atoms with E-state index < -0.39 is 23.9 Å². The summed E-state index contributed by atoms with van der Waals surface area (Å²) in [7, 11) is 0. The second-order valence-corrected chi connectivity index (χ2v) is 8.25. The normalized spacial score (nSPS) is 14.1. The second kappa shape index (κ2) is 13.2. The number of anilines is 1. The number of benzene rings is 2. The summed E-state index contributed by atoms with van der Waals surface area (Å²) in [5.74, 6) is 4.71. The van der Waals surface area contributed by atoms with Gasteiger partial charge in [0.15, 0.2) is 0 Å². The first-order valence-corrected chi connectivity index (χ1v) is 11.1. The number of hydroxylamine groups is 1. The third-order valence-corrected chi connectivity index (χ3v) is 5.53. The number of rotatable bonds is 8. The van der Waals surface area contributed by atoms with Crippen LogP contribution in [-0.2, 0) is 9.59 Å². The minimum absolute atomic E-state index is 0. The second-order valence-electron chi connectivity index (χ2n) is 8.25. The smallest absolute Gasteiger partial charge is 0.267 e. The van der Waals surface area contributed by atoms with Crippen LogP contribution in [0.15, 0.2) is 48.5 Å². The Morgan fingerprint density at radius 3 is 2.09 bits per heavy atom. The standard InChI is InChI=1S/C25H29N5O4.CH4/c1-16(26)23(25(33)30-34)29-24(32)19-11-7-17(8-12-19)5-6-18-9-13-21(14-10-18)28-22(31)15-27-20-3-2-4-20;/h7-14,16,20,23,27,34H,2-4,15,26H2,1H3,(H,28,31)(H,29,32)(H,30,33);1H4/t16-,23+;/m1./s1. The van der Waals surface area contributed by atoms with E-state index in [1.165, 1.54) is 11.9 Å². The minimum Gasteiger partial charge on any atom is -0.339 e. The zero-order valence-electron chi connectivity index (χ0n) is 18.9. The summed E-state index contributed by atoms with van der Waals surface area (Å²) in [6.45, 7) is 1.85. The summed E-state index contributed by atoms with van der Waals surface area (Å²) in [5, 5.41) is 17.4. The largest absolute Gasteiger partial charge is 0.339 e. The van der Waals surface area contributed by atoms with Gasteiger partial charge in [0.25, 0.3) is 11.8 Å². The molecule has 0 bridgehead atoms. The summed E-state index contributed by atoms with van der Waals surface area (Å²) >= 11 is 0. The Balaban J connectivity index is 0.00000432. The summed E-state index contributed by atoms with van der Waals surface area (Å²) in [6.07, 6.45) is 3.49. The molecule has 0 aromatic heterocycles. The fourth-order valence-corrected chi connectivity index (χ4v) is 3.27. The molecule has 1 saturated carbocycles. The average molecular weight is 480 g/mol. The van der Waals surface area contributed by atoms with Gasteiger partial charge in [-0.05, 0) is 68.3 Å². The van der Waals surface area contributed by atoms with E-state index in [2.05, 4.69) is 27.8 Å². The monoisotopic (exact) mass is 479 g/mol. The maximum absolute atomic E-state index is 12.4. The van der Waals surface area contributed by atoms with Crippen molar-refractivity contribution in [3.63, 3.8) is 0 Å². The number of hydrogen-bond acceptors (Lipinski definition) is 6. The lowest BCUT2D eigenvalue weighted by molar-refractivity contribution is -0.131. The van der Waals surface area contributed by atoms with Gasteiger partial charge in [0.05, 0.1) is 6.54 Å². The van der Waals surface area contributed by atoms with Crippen LogP contribution in [0.2, 0.25) is 0 Å². The van der Waals surface area contributed by atoms with Gasteiger partial charge in [-0.2, -0.15) is 0 Å². The molecule has 0 radical (unpaired) electrons. The Morgan fingerprint density at radius 1 is 1.03 bits per heavy atom. The molecule has 7 N–H and O–H groups in total. The van der Waals surface area contributed by atoms with Gasteiger partial charge in [-0.25, -0.2) is 5.48 Å². The molecule has 3 amide bonds. The van der Waals surface area contributed by atoms with Gasteiger partial charge in [0, 0.05) is 34.5 Å². The molecule has 0 saturated heterocycles. The molecule has 9 heteroatoms. The van der Waals surface area contributed by atoms with Gasteiger partial charge in [-0.1, -0.05) is 25.7 Å². The molecule has 2 aromatic carbocycles. The van der Waals surface area contributed by atoms with Crippen LogP contribution in [0, 0.1) is 11.8 Å². The maximum atomic E-state index is 12.4. The van der Waals surface area contributed by atoms with Crippen molar-refractivity contribution in [3.8, 4) is 11.8 Å². The Morgan fingerprint density at radius 2 is 1.60 bits per heavy atom. The van der Waals surface area contributed by atoms with Crippen LogP contribution < -0.4 is 27.2 Å². The highest BCUT2D eigenvalue weighted by atomic mass is 16.5. The molecule has 1 fully saturated rings. The lowest BCUT2D eigenvalue weighted by Gasteiger charge is -2.26. The van der Waals surface area contributed by atoms with E-state index in [4.69, 9.17) is 10.9 Å². The molecule has 0 unspecified atom stereocenters. The average Bonchev–Trinajstić information content (AvgIpc) is 2.80. The van der Waals surface area contributed by atoms with E-state index in [0.29, 0.717) is 29.4 Å². The van der Waals surface area contributed by atoms with E-state index >= 15 is 0 Å². The molecule has 2 aromatic rings. The van der Waals surface area contributed by atoms with Crippen LogP contribution in [0.4, 0.5) is 5.69 Å². The minimum atomic E-state index is -1.07. The lowest BCUT2D eigenvalue weighted by atomic mass is 9.93. The van der Waals surface area contributed by atoms with E-state index in [9.17, 15) is 14.4 Å². The molecule has 3 rings (SSSR count). The van der Waals surface area contributed by atoms with Crippen molar-refractivity contribution in [2.75, 3.05) is 11.9 Å². The Labute approximate surface area is 205 Å². The van der Waals surface area contributed by atoms with Crippen LogP contribution in [-0.4, -0.2) is 47.6 Å². The van der Waals surface area contributed by atoms with E-state index in [0.717, 1.165) is 18.4 Å². The number of nitrogens with one attached hydrogen (secondary N) is 4. The van der Waals surface area contributed by atoms with Crippen LogP contribution >= 0.6 is 0 Å². The van der Waals surface area contributed by atoms with Crippen molar-refractivity contribution < 1.29 is 19.6 Å². The summed E-state index contributed by atoms with van der Waals surface area (Å²) in [4.78, 5) is 36.0. The zero-order chi connectivity index (χ0) is 24.5. The van der Waals surface area contributed by atoms with Gasteiger partial charge < -0.3 is 21.7 Å². The Hall–Kier alpha value is -3.71. The molecule has 1 aliphatic carbocycles. The molecule has 2 atom stereocenters. The van der Waals surface area contributed by atoms with Crippen molar-refractivity contribution in [2.45, 2.75) is 51.7 Å². The van der Waals surface area contributed by atoms with Gasteiger partial charge >= 0.3 is 0 Å². The quantitative estimate of drug-likeness (QED) is 0.193. The number of carbonyl (C=O) groups is 3. The Bertz CT molecular complexity index is 1070. The molecule has 186 valence electrons. The Kier molecular flexibility index (Phi) is 10.4. The maximum Gasteiger partial charge on any atom is 0.267 e. The van der Waals surface area contributed by atoms with Crippen molar-refractivity contribution in [1.29, 1.82) is 0 Å². The molecule has 35 heavy (non-hydrogen) atoms. The third kappa shape index (κ3) is 8.22. The summed E-state index contributed by atoms with van der Waals surface area (Å²) in [5.41, 5.74) is 9.71. The van der Waals surface area contributed by atoms with Crippen molar-refractivity contribution in [2.24, 2.45) is 5.73 Å². The fourth-order valence-electron chi connectivity index (χ4n) is 3.27. The van der Waals surface area contributed by atoms with Crippen molar-refractivity contribution >= 4 is 23.4 Å². The van der Waals surface area contributed by atoms with Crippen LogP contribution in [0.5, 0.6) is 0 Å². The van der Waals surface area contributed by atoms with E-state index in [1.807, 2.05) is 12.1 Å². The molecule has 0 aliphatic heterocycles. The molecule has 1 aliphatic rings. The van der Waals surface area contributed by atoms with Gasteiger partial charge in [-0.3, -0.25) is 19.6 Å². The molecular weight excluding hydrogens is 446 g/mol. The highest BCUT2D eigenvalue weighted by molar-refractivity contribution is 5.97. The fraction of sp³-hybridized carbons (Fsp3) is 0.346. The van der Waals surface area contributed by atoms with Gasteiger partial charge in [0.1, 0.15) is 6.04 Å². The lowest BCUT2D eigenvalue weighted by Crippen LogP contribution is -2.54. The number of carbonyl (C=O) groups excluding carboxylic acids is 3. The van der Waals surface area contributed by atoms with E-state index in [1.54, 1.807) is 43.3 Å². The number of hydrogen-bond donors (Lipinski definition) is 6. The molecular formula is C26H33N5O4. The number of amides is 3. The zero-order valence-corrected chi connectivity index (χ0v) is 18.9. The first-order chi connectivity index (χ1) is 16.4. The highest BCUT2D eigenvalue weighted by Gasteiger charge is 2.24. The SMILES string of the molecule is C.C[C@@H](N)[C@H](NC(=O)c1ccc(C#Cc2ccc(NC(=O)CNC3CCC3)cc2)cc1)C(=O)NO. The summed E-state index contributed by atoms with van der Waals surface area (Å²) < 4.78 is 0. The third-order valence-electron chi connectivity index (χ3n) is 5.53. The predicted molar refractivity (Wildman–Crippen MR) is 135 cm³/mol. The topological polar surface area (TPSA) is 146 Å². The van der Waals surface area contributed by atoms with E-state index in [-0.39, 0.29) is 13.3 Å². The summed E-state index contributed by atoms with van der Waals surface area (Å²) in [6, 6.07) is 12.5. The van der Waals surface area contributed by atoms with Crippen molar-refractivity contribution in [3.05, 3.63) is 65.2 Å². The predicted octanol–water partition coefficient (Wildman–Crippen LogP) is 1.75. The van der Waals surface area contributed by atoms with Crippen LogP contribution in [0.1, 0.15) is 55.1 Å². The van der Waals surface area contributed by atoms with Crippen LogP contribution in [0.3, 0.4) is 0 Å². The molecule has 0 heterocycles. The van der Waals surface area contributed by atoms with Crippen molar-refractivity contribution in [1.82, 2.24) is 16.1 Å². The van der Waals surface area contributed by atoms with Gasteiger partial charge in [0.2, 0.25) is 5.91 Å². The first kappa shape index (κ1) is 27.5. The van der Waals surface area contributed by atoms with Crippen LogP contribution in [0.25, 0.3) is 0 Å². The number of nitrogens with two attached hydrogens (primary N) is 1. The molecule has 0 spiro atoms.